The second-order valence-corrected chi connectivity index (χ2v) is 4.63. The molecule has 1 aromatic heterocycles. The molecule has 5 nitrogen and oxygen atoms in total. The standard InChI is InChI=1S/C14H18N4O/c1-9(11-6-4-5-7-13(11)15)16-14(19)12-8-18(3)17-10(12)2/h4-9H,15H2,1-3H3,(H,16,19). The quantitative estimate of drug-likeness (QED) is 0.824. The van der Waals surface area contributed by atoms with Crippen molar-refractivity contribution in [3.05, 3.63) is 47.3 Å². The summed E-state index contributed by atoms with van der Waals surface area (Å²) in [7, 11) is 1.79. The molecule has 0 fully saturated rings. The molecule has 0 spiro atoms. The maximum absolute atomic E-state index is 12.2. The van der Waals surface area contributed by atoms with E-state index in [-0.39, 0.29) is 11.9 Å². The number of para-hydroxylation sites is 1. The molecule has 2 rings (SSSR count). The van der Waals surface area contributed by atoms with Crippen LogP contribution in [0.4, 0.5) is 5.69 Å². The second-order valence-electron chi connectivity index (χ2n) is 4.63. The Kier molecular flexibility index (Phi) is 3.55. The van der Waals surface area contributed by atoms with Gasteiger partial charge in [0.15, 0.2) is 0 Å². The Morgan fingerprint density at radius 1 is 1.42 bits per heavy atom. The molecule has 3 N–H and O–H groups in total. The molecule has 100 valence electrons. The van der Waals surface area contributed by atoms with Gasteiger partial charge < -0.3 is 11.1 Å². The first-order valence-electron chi connectivity index (χ1n) is 6.14. The molecule has 0 saturated carbocycles. The number of carbonyl (C=O) groups excluding carboxylic acids is 1. The lowest BCUT2D eigenvalue weighted by Gasteiger charge is -2.15. The summed E-state index contributed by atoms with van der Waals surface area (Å²) in [5.41, 5.74) is 8.80. The van der Waals surface area contributed by atoms with Gasteiger partial charge in [0, 0.05) is 18.9 Å². The number of nitrogens with one attached hydrogen (secondary N) is 1. The molecule has 0 aliphatic heterocycles. The van der Waals surface area contributed by atoms with Crippen LogP contribution in [0.3, 0.4) is 0 Å². The van der Waals surface area contributed by atoms with Crippen LogP contribution in [-0.2, 0) is 7.05 Å². The number of hydrogen-bond donors (Lipinski definition) is 2. The van der Waals surface area contributed by atoms with Crippen LogP contribution >= 0.6 is 0 Å². The number of carbonyl (C=O) groups is 1. The van der Waals surface area contributed by atoms with E-state index in [0.29, 0.717) is 16.9 Å². The van der Waals surface area contributed by atoms with Gasteiger partial charge in [-0.15, -0.1) is 0 Å². The first kappa shape index (κ1) is 13.1. The molecule has 0 radical (unpaired) electrons. The normalized spacial score (nSPS) is 12.2. The fraction of sp³-hybridized carbons (Fsp3) is 0.286. The maximum atomic E-state index is 12.2. The van der Waals surface area contributed by atoms with Crippen LogP contribution in [0, 0.1) is 6.92 Å². The molecule has 5 heteroatoms. The summed E-state index contributed by atoms with van der Waals surface area (Å²) in [6, 6.07) is 7.37. The summed E-state index contributed by atoms with van der Waals surface area (Å²) in [4.78, 5) is 12.2. The van der Waals surface area contributed by atoms with Gasteiger partial charge in [0.1, 0.15) is 0 Å². The number of nitrogen functional groups attached to an aromatic ring is 1. The predicted molar refractivity (Wildman–Crippen MR) is 74.7 cm³/mol. The lowest BCUT2D eigenvalue weighted by molar-refractivity contribution is 0.0939. The van der Waals surface area contributed by atoms with E-state index in [0.717, 1.165) is 5.56 Å². The van der Waals surface area contributed by atoms with Crippen LogP contribution in [0.5, 0.6) is 0 Å². The lowest BCUT2D eigenvalue weighted by atomic mass is 10.1. The van der Waals surface area contributed by atoms with Crippen LogP contribution < -0.4 is 11.1 Å². The summed E-state index contributed by atoms with van der Waals surface area (Å²) < 4.78 is 1.63. The molecule has 2 aromatic rings. The fourth-order valence-electron chi connectivity index (χ4n) is 2.08. The number of aryl methyl sites for hydroxylation is 2. The van der Waals surface area contributed by atoms with Gasteiger partial charge in [-0.1, -0.05) is 18.2 Å². The highest BCUT2D eigenvalue weighted by Gasteiger charge is 2.16. The zero-order valence-corrected chi connectivity index (χ0v) is 11.3. The van der Waals surface area contributed by atoms with Gasteiger partial charge in [0.25, 0.3) is 5.91 Å². The number of hydrogen-bond acceptors (Lipinski definition) is 3. The zero-order valence-electron chi connectivity index (χ0n) is 11.3. The van der Waals surface area contributed by atoms with E-state index in [1.54, 1.807) is 17.9 Å². The van der Waals surface area contributed by atoms with Crippen molar-refractivity contribution in [1.82, 2.24) is 15.1 Å². The van der Waals surface area contributed by atoms with Gasteiger partial charge in [0.2, 0.25) is 0 Å². The lowest BCUT2D eigenvalue weighted by Crippen LogP contribution is -2.27. The topological polar surface area (TPSA) is 72.9 Å². The van der Waals surface area contributed by atoms with Crippen LogP contribution in [0.2, 0.25) is 0 Å². The van der Waals surface area contributed by atoms with Crippen molar-refractivity contribution in [3.8, 4) is 0 Å². The van der Waals surface area contributed by atoms with Gasteiger partial charge in [0.05, 0.1) is 17.3 Å². The van der Waals surface area contributed by atoms with Gasteiger partial charge in [-0.25, -0.2) is 0 Å². The molecule has 19 heavy (non-hydrogen) atoms. The third kappa shape index (κ3) is 2.76. The van der Waals surface area contributed by atoms with Crippen molar-refractivity contribution in [2.45, 2.75) is 19.9 Å². The minimum atomic E-state index is -0.145. The first-order chi connectivity index (χ1) is 8.99. The Morgan fingerprint density at radius 2 is 2.11 bits per heavy atom. The highest BCUT2D eigenvalue weighted by molar-refractivity contribution is 5.95. The highest BCUT2D eigenvalue weighted by Crippen LogP contribution is 2.20. The van der Waals surface area contributed by atoms with Crippen molar-refractivity contribution in [2.24, 2.45) is 7.05 Å². The van der Waals surface area contributed by atoms with Gasteiger partial charge in [-0.05, 0) is 25.5 Å². The molecule has 0 saturated heterocycles. The van der Waals surface area contributed by atoms with Gasteiger partial charge in [-0.2, -0.15) is 5.10 Å². The number of nitrogens with zero attached hydrogens (tertiary/aromatic N) is 2. The van der Waals surface area contributed by atoms with Crippen LogP contribution in [0.1, 0.15) is 34.6 Å². The Hall–Kier alpha value is -2.30. The van der Waals surface area contributed by atoms with Gasteiger partial charge in [-0.3, -0.25) is 9.48 Å². The Balaban J connectivity index is 2.15. The number of aromatic nitrogens is 2. The third-order valence-corrected chi connectivity index (χ3v) is 3.07. The zero-order chi connectivity index (χ0) is 14.0. The van der Waals surface area contributed by atoms with Crippen molar-refractivity contribution >= 4 is 11.6 Å². The Morgan fingerprint density at radius 3 is 2.68 bits per heavy atom. The molecule has 1 amide bonds. The predicted octanol–water partition coefficient (Wildman–Crippen LogP) is 1.80. The summed E-state index contributed by atoms with van der Waals surface area (Å²) in [5, 5.41) is 7.10. The van der Waals surface area contributed by atoms with Crippen LogP contribution in [-0.4, -0.2) is 15.7 Å². The number of nitrogens with two attached hydrogens (primary N) is 1. The molecular weight excluding hydrogens is 240 g/mol. The Labute approximate surface area is 112 Å². The number of amides is 1. The molecular formula is C14H18N4O. The van der Waals surface area contributed by atoms with Gasteiger partial charge >= 0.3 is 0 Å². The summed E-state index contributed by atoms with van der Waals surface area (Å²) in [6.07, 6.45) is 1.71. The SMILES string of the molecule is Cc1nn(C)cc1C(=O)NC(C)c1ccccc1N. The fourth-order valence-corrected chi connectivity index (χ4v) is 2.08. The van der Waals surface area contributed by atoms with E-state index in [9.17, 15) is 4.79 Å². The van der Waals surface area contributed by atoms with E-state index in [1.807, 2.05) is 38.1 Å². The minimum Gasteiger partial charge on any atom is -0.398 e. The van der Waals surface area contributed by atoms with Crippen molar-refractivity contribution < 1.29 is 4.79 Å². The van der Waals surface area contributed by atoms with E-state index >= 15 is 0 Å². The van der Waals surface area contributed by atoms with E-state index in [2.05, 4.69) is 10.4 Å². The first-order valence-corrected chi connectivity index (χ1v) is 6.14. The number of benzene rings is 1. The second kappa shape index (κ2) is 5.14. The summed E-state index contributed by atoms with van der Waals surface area (Å²) >= 11 is 0. The maximum Gasteiger partial charge on any atom is 0.255 e. The van der Waals surface area contributed by atoms with Crippen molar-refractivity contribution in [2.75, 3.05) is 5.73 Å². The molecule has 1 heterocycles. The largest absolute Gasteiger partial charge is 0.398 e. The van der Waals surface area contributed by atoms with E-state index < -0.39 is 0 Å². The van der Waals surface area contributed by atoms with Crippen LogP contribution in [0.15, 0.2) is 30.5 Å². The van der Waals surface area contributed by atoms with E-state index in [1.165, 1.54) is 0 Å². The van der Waals surface area contributed by atoms with Crippen molar-refractivity contribution in [1.29, 1.82) is 0 Å². The molecule has 1 aromatic carbocycles. The monoisotopic (exact) mass is 258 g/mol. The highest BCUT2D eigenvalue weighted by atomic mass is 16.1. The summed E-state index contributed by atoms with van der Waals surface area (Å²) in [5.74, 6) is -0.138. The molecule has 0 aliphatic rings. The van der Waals surface area contributed by atoms with Crippen LogP contribution in [0.25, 0.3) is 0 Å². The number of rotatable bonds is 3. The Bertz CT molecular complexity index is 603. The molecule has 1 unspecified atom stereocenters. The average molecular weight is 258 g/mol. The minimum absolute atomic E-state index is 0.138. The summed E-state index contributed by atoms with van der Waals surface area (Å²) in [6.45, 7) is 3.73. The molecule has 1 atom stereocenters. The molecule has 0 aliphatic carbocycles. The number of anilines is 1. The van der Waals surface area contributed by atoms with Crippen molar-refractivity contribution in [3.63, 3.8) is 0 Å². The smallest absolute Gasteiger partial charge is 0.255 e. The molecule has 0 bridgehead atoms. The van der Waals surface area contributed by atoms with E-state index in [4.69, 9.17) is 5.73 Å². The average Bonchev–Trinajstić information content (AvgIpc) is 2.69. The third-order valence-electron chi connectivity index (χ3n) is 3.07.